The van der Waals surface area contributed by atoms with Gasteiger partial charge in [-0.15, -0.1) is 0 Å². The number of fused-ring (bicyclic) bond motifs is 1. The molecule has 0 amide bonds. The number of benzene rings is 2. The molecule has 0 spiro atoms. The molecule has 2 aromatic carbocycles. The summed E-state index contributed by atoms with van der Waals surface area (Å²) in [5, 5.41) is 5.66. The van der Waals surface area contributed by atoms with Crippen molar-refractivity contribution in [2.45, 2.75) is 30.8 Å². The summed E-state index contributed by atoms with van der Waals surface area (Å²) in [4.78, 5) is 0. The Balaban J connectivity index is 1.77. The molecule has 0 aromatic heterocycles. The van der Waals surface area contributed by atoms with Crippen LogP contribution in [0.1, 0.15) is 35.8 Å². The fourth-order valence-electron chi connectivity index (χ4n) is 4.79. The summed E-state index contributed by atoms with van der Waals surface area (Å²) < 4.78 is 0. The molecule has 1 aliphatic carbocycles. The molecule has 1 heterocycles. The van der Waals surface area contributed by atoms with E-state index in [9.17, 15) is 0 Å². The minimum absolute atomic E-state index is 0.0847. The number of nitrogens with two attached hydrogens (primary N) is 1. The van der Waals surface area contributed by atoms with Gasteiger partial charge in [-0.3, -0.25) is 0 Å². The molecule has 0 bridgehead atoms. The van der Waals surface area contributed by atoms with Crippen LogP contribution in [0.15, 0.2) is 42.5 Å². The topological polar surface area (TPSA) is 38.0 Å². The first kappa shape index (κ1) is 17.6. The largest absolute Gasteiger partial charge is 0.316 e. The highest BCUT2D eigenvalue weighted by Crippen LogP contribution is 2.53. The van der Waals surface area contributed by atoms with E-state index < -0.39 is 0 Å². The van der Waals surface area contributed by atoms with Crippen molar-refractivity contribution in [3.05, 3.63) is 68.7 Å². The average molecular weight is 396 g/mol. The van der Waals surface area contributed by atoms with E-state index in [-0.39, 0.29) is 6.17 Å². The first-order valence-corrected chi connectivity index (χ1v) is 9.87. The number of hydrogen-bond acceptors (Lipinski definition) is 2. The van der Waals surface area contributed by atoms with Gasteiger partial charge in [0.1, 0.15) is 0 Å². The molecule has 2 aromatic rings. The molecule has 132 valence electrons. The van der Waals surface area contributed by atoms with Crippen LogP contribution in [0.25, 0.3) is 0 Å². The van der Waals surface area contributed by atoms with Crippen LogP contribution in [0.2, 0.25) is 15.1 Å². The second kappa shape index (κ2) is 7.09. The summed E-state index contributed by atoms with van der Waals surface area (Å²) in [5.74, 6) is 1.74. The van der Waals surface area contributed by atoms with Gasteiger partial charge in [0.2, 0.25) is 0 Å². The molecular formula is C20H21Cl3N2. The predicted molar refractivity (Wildman–Crippen MR) is 106 cm³/mol. The van der Waals surface area contributed by atoms with Crippen molar-refractivity contribution >= 4 is 34.8 Å². The number of halogens is 3. The highest BCUT2D eigenvalue weighted by atomic mass is 35.5. The molecule has 2 aliphatic rings. The lowest BCUT2D eigenvalue weighted by Crippen LogP contribution is -2.39. The number of rotatable bonds is 2. The van der Waals surface area contributed by atoms with E-state index in [0.29, 0.717) is 28.7 Å². The zero-order chi connectivity index (χ0) is 17.6. The predicted octanol–water partition coefficient (Wildman–Crippen LogP) is 5.43. The van der Waals surface area contributed by atoms with Gasteiger partial charge in [-0.25, -0.2) is 0 Å². The lowest BCUT2D eigenvalue weighted by molar-refractivity contribution is 0.207. The quantitative estimate of drug-likeness (QED) is 0.711. The van der Waals surface area contributed by atoms with Crippen molar-refractivity contribution in [2.24, 2.45) is 17.6 Å². The first-order valence-electron chi connectivity index (χ1n) is 8.74. The van der Waals surface area contributed by atoms with Crippen molar-refractivity contribution in [3.8, 4) is 0 Å². The van der Waals surface area contributed by atoms with Crippen molar-refractivity contribution in [3.63, 3.8) is 0 Å². The van der Waals surface area contributed by atoms with Crippen LogP contribution in [0.4, 0.5) is 0 Å². The third-order valence-electron chi connectivity index (χ3n) is 5.92. The van der Waals surface area contributed by atoms with Gasteiger partial charge in [0.15, 0.2) is 0 Å². The molecule has 1 aliphatic heterocycles. The average Bonchev–Trinajstić information content (AvgIpc) is 2.97. The zero-order valence-corrected chi connectivity index (χ0v) is 16.0. The van der Waals surface area contributed by atoms with Gasteiger partial charge >= 0.3 is 0 Å². The minimum Gasteiger partial charge on any atom is -0.316 e. The monoisotopic (exact) mass is 394 g/mol. The molecule has 2 nitrogen and oxygen atoms in total. The standard InChI is InChI=1S/C20H21Cl3N2/c21-12-3-1-11(2-4-12)19-15(14-6-5-13(22)9-18(14)23)7-8-16-17(19)10-25-20(16)24/h1-6,9,15-17,19-20,25H,7-8,10,24H2. The maximum absolute atomic E-state index is 6.57. The van der Waals surface area contributed by atoms with Gasteiger partial charge in [-0.2, -0.15) is 0 Å². The van der Waals surface area contributed by atoms with Crippen molar-refractivity contribution < 1.29 is 0 Å². The van der Waals surface area contributed by atoms with Crippen molar-refractivity contribution in [2.75, 3.05) is 6.54 Å². The van der Waals surface area contributed by atoms with Crippen LogP contribution >= 0.6 is 34.8 Å². The van der Waals surface area contributed by atoms with Gasteiger partial charge < -0.3 is 11.1 Å². The molecule has 2 fully saturated rings. The van der Waals surface area contributed by atoms with Crippen LogP contribution in [0.5, 0.6) is 0 Å². The van der Waals surface area contributed by atoms with E-state index in [4.69, 9.17) is 40.5 Å². The summed E-state index contributed by atoms with van der Waals surface area (Å²) in [6.07, 6.45) is 2.28. The fourth-order valence-corrected chi connectivity index (χ4v) is 5.47. The molecule has 25 heavy (non-hydrogen) atoms. The molecular weight excluding hydrogens is 375 g/mol. The van der Waals surface area contributed by atoms with Gasteiger partial charge in [-0.1, -0.05) is 53.0 Å². The van der Waals surface area contributed by atoms with Crippen LogP contribution in [0, 0.1) is 11.8 Å². The molecule has 5 heteroatoms. The first-order chi connectivity index (χ1) is 12.0. The lowest BCUT2D eigenvalue weighted by atomic mass is 9.63. The Morgan fingerprint density at radius 3 is 2.32 bits per heavy atom. The smallest absolute Gasteiger partial charge is 0.0578 e. The summed E-state index contributed by atoms with van der Waals surface area (Å²) in [6, 6.07) is 14.1. The fraction of sp³-hybridized carbons (Fsp3) is 0.400. The molecule has 3 N–H and O–H groups in total. The van der Waals surface area contributed by atoms with Crippen LogP contribution in [-0.4, -0.2) is 12.7 Å². The van der Waals surface area contributed by atoms with Crippen LogP contribution < -0.4 is 11.1 Å². The molecule has 1 saturated carbocycles. The molecule has 4 rings (SSSR count). The summed E-state index contributed by atoms with van der Waals surface area (Å²) >= 11 is 18.8. The Labute approximate surface area is 163 Å². The Bertz CT molecular complexity index is 762. The zero-order valence-electron chi connectivity index (χ0n) is 13.8. The molecule has 5 atom stereocenters. The molecule has 1 saturated heterocycles. The third-order valence-corrected chi connectivity index (χ3v) is 6.74. The van der Waals surface area contributed by atoms with E-state index in [1.807, 2.05) is 24.3 Å². The van der Waals surface area contributed by atoms with Crippen molar-refractivity contribution in [1.29, 1.82) is 0 Å². The van der Waals surface area contributed by atoms with Gasteiger partial charge in [0.25, 0.3) is 0 Å². The van der Waals surface area contributed by atoms with Gasteiger partial charge in [0, 0.05) is 21.6 Å². The normalized spacial score (nSPS) is 31.8. The summed E-state index contributed by atoms with van der Waals surface area (Å²) in [6.45, 7) is 0.945. The maximum Gasteiger partial charge on any atom is 0.0578 e. The van der Waals surface area contributed by atoms with E-state index in [1.165, 1.54) is 11.1 Å². The Morgan fingerprint density at radius 2 is 1.60 bits per heavy atom. The van der Waals surface area contributed by atoms with Gasteiger partial charge in [0.05, 0.1) is 6.17 Å². The second-order valence-corrected chi connectivity index (χ2v) is 8.47. The lowest BCUT2D eigenvalue weighted by Gasteiger charge is -2.41. The Morgan fingerprint density at radius 1 is 0.880 bits per heavy atom. The number of nitrogens with one attached hydrogen (secondary N) is 1. The van der Waals surface area contributed by atoms with Crippen LogP contribution in [-0.2, 0) is 0 Å². The van der Waals surface area contributed by atoms with Crippen LogP contribution in [0.3, 0.4) is 0 Å². The van der Waals surface area contributed by atoms with E-state index in [2.05, 4.69) is 23.5 Å². The second-order valence-electron chi connectivity index (χ2n) is 7.19. The van der Waals surface area contributed by atoms with E-state index in [0.717, 1.165) is 29.4 Å². The number of hydrogen-bond donors (Lipinski definition) is 2. The van der Waals surface area contributed by atoms with Gasteiger partial charge in [-0.05, 0) is 71.9 Å². The third kappa shape index (κ3) is 3.31. The maximum atomic E-state index is 6.57. The van der Waals surface area contributed by atoms with E-state index in [1.54, 1.807) is 0 Å². The highest BCUT2D eigenvalue weighted by molar-refractivity contribution is 6.35. The summed E-state index contributed by atoms with van der Waals surface area (Å²) in [7, 11) is 0. The summed E-state index contributed by atoms with van der Waals surface area (Å²) in [5.41, 5.74) is 8.81. The minimum atomic E-state index is 0.0847. The van der Waals surface area contributed by atoms with E-state index >= 15 is 0 Å². The Kier molecular flexibility index (Phi) is 5.00. The molecule has 0 radical (unpaired) electrons. The SMILES string of the molecule is NC1NCC2C1CCC(c1ccc(Cl)cc1Cl)C2c1ccc(Cl)cc1. The molecule has 5 unspecified atom stereocenters. The van der Waals surface area contributed by atoms with Crippen molar-refractivity contribution in [1.82, 2.24) is 5.32 Å². The Hall–Kier alpha value is -0.770. The highest BCUT2D eigenvalue weighted by Gasteiger charge is 2.46.